The second-order valence-corrected chi connectivity index (χ2v) is 4.67. The van der Waals surface area contributed by atoms with E-state index in [-0.39, 0.29) is 0 Å². The first-order chi connectivity index (χ1) is 9.85. The van der Waals surface area contributed by atoms with Crippen LogP contribution in [-0.4, -0.2) is 4.98 Å². The number of nitrogens with zero attached hydrogens (tertiary/aromatic N) is 1. The van der Waals surface area contributed by atoms with Crippen LogP contribution in [0.3, 0.4) is 0 Å². The molecule has 0 unspecified atom stereocenters. The Morgan fingerprint density at radius 3 is 2.75 bits per heavy atom. The molecule has 0 aliphatic rings. The van der Waals surface area contributed by atoms with Crippen LogP contribution in [0, 0.1) is 0 Å². The molecule has 3 nitrogen and oxygen atoms in total. The van der Waals surface area contributed by atoms with Crippen LogP contribution in [0.2, 0.25) is 0 Å². The molecule has 1 heterocycles. The van der Waals surface area contributed by atoms with Gasteiger partial charge in [-0.05, 0) is 29.3 Å². The Morgan fingerprint density at radius 1 is 0.950 bits per heavy atom. The number of hydrogen-bond donors (Lipinski definition) is 1. The van der Waals surface area contributed by atoms with Crippen molar-refractivity contribution in [3.63, 3.8) is 0 Å². The van der Waals surface area contributed by atoms with Gasteiger partial charge in [-0.1, -0.05) is 30.3 Å². The van der Waals surface area contributed by atoms with Crippen molar-refractivity contribution < 1.29 is 4.74 Å². The van der Waals surface area contributed by atoms with Crippen LogP contribution in [0.4, 0.5) is 0 Å². The molecule has 0 amide bonds. The van der Waals surface area contributed by atoms with E-state index in [2.05, 4.69) is 11.1 Å². The highest BCUT2D eigenvalue weighted by atomic mass is 16.5. The molecule has 2 N–H and O–H groups in total. The third-order valence-electron chi connectivity index (χ3n) is 3.21. The standard InChI is InChI=1S/C17H16N2O/c18-11-13-3-1-4-14(9-13)12-20-16-7-6-15-5-2-8-19-17(15)10-16/h1-10H,11-12,18H2. The summed E-state index contributed by atoms with van der Waals surface area (Å²) < 4.78 is 5.82. The summed E-state index contributed by atoms with van der Waals surface area (Å²) in [6, 6.07) is 18.1. The average molecular weight is 264 g/mol. The Hall–Kier alpha value is -2.39. The predicted octanol–water partition coefficient (Wildman–Crippen LogP) is 3.27. The minimum atomic E-state index is 0.534. The molecular formula is C17H16N2O. The Bertz CT molecular complexity index is 725. The van der Waals surface area contributed by atoms with Crippen LogP contribution in [0.1, 0.15) is 11.1 Å². The summed E-state index contributed by atoms with van der Waals surface area (Å²) in [5.41, 5.74) is 8.82. The normalized spacial score (nSPS) is 10.7. The summed E-state index contributed by atoms with van der Waals surface area (Å²) in [6.45, 7) is 1.08. The van der Waals surface area contributed by atoms with Crippen LogP contribution >= 0.6 is 0 Å². The van der Waals surface area contributed by atoms with Gasteiger partial charge in [0.05, 0.1) is 5.52 Å². The number of rotatable bonds is 4. The Kier molecular flexibility index (Phi) is 3.61. The minimum Gasteiger partial charge on any atom is -0.489 e. The Balaban J connectivity index is 1.76. The first-order valence-electron chi connectivity index (χ1n) is 6.60. The summed E-state index contributed by atoms with van der Waals surface area (Å²) in [6.07, 6.45) is 1.79. The fraction of sp³-hybridized carbons (Fsp3) is 0.118. The zero-order chi connectivity index (χ0) is 13.8. The molecule has 0 aliphatic carbocycles. The molecule has 0 spiro atoms. The molecule has 3 aromatic rings. The maximum Gasteiger partial charge on any atom is 0.122 e. The lowest BCUT2D eigenvalue weighted by Crippen LogP contribution is -1.99. The zero-order valence-corrected chi connectivity index (χ0v) is 11.1. The molecule has 100 valence electrons. The largest absolute Gasteiger partial charge is 0.489 e. The molecular weight excluding hydrogens is 248 g/mol. The highest BCUT2D eigenvalue weighted by Gasteiger charge is 2.00. The van der Waals surface area contributed by atoms with Gasteiger partial charge in [0.1, 0.15) is 12.4 Å². The summed E-state index contributed by atoms with van der Waals surface area (Å²) in [5.74, 6) is 0.828. The molecule has 0 fully saturated rings. The molecule has 3 rings (SSSR count). The third kappa shape index (κ3) is 2.78. The van der Waals surface area contributed by atoms with Crippen LogP contribution in [-0.2, 0) is 13.2 Å². The van der Waals surface area contributed by atoms with E-state index in [9.17, 15) is 0 Å². The van der Waals surface area contributed by atoms with Crippen LogP contribution in [0.5, 0.6) is 5.75 Å². The maximum atomic E-state index is 5.82. The van der Waals surface area contributed by atoms with Crippen molar-refractivity contribution in [1.29, 1.82) is 0 Å². The van der Waals surface area contributed by atoms with Crippen molar-refractivity contribution in [2.24, 2.45) is 5.73 Å². The van der Waals surface area contributed by atoms with Gasteiger partial charge in [0.25, 0.3) is 0 Å². The molecule has 0 saturated carbocycles. The first-order valence-corrected chi connectivity index (χ1v) is 6.60. The van der Waals surface area contributed by atoms with Crippen molar-refractivity contribution in [3.05, 3.63) is 71.9 Å². The topological polar surface area (TPSA) is 48.1 Å². The summed E-state index contributed by atoms with van der Waals surface area (Å²) in [5, 5.41) is 1.12. The molecule has 0 radical (unpaired) electrons. The van der Waals surface area contributed by atoms with Gasteiger partial charge >= 0.3 is 0 Å². The van der Waals surface area contributed by atoms with Crippen LogP contribution < -0.4 is 10.5 Å². The highest BCUT2D eigenvalue weighted by Crippen LogP contribution is 2.19. The van der Waals surface area contributed by atoms with Gasteiger partial charge in [0.15, 0.2) is 0 Å². The average Bonchev–Trinajstić information content (AvgIpc) is 2.53. The lowest BCUT2D eigenvalue weighted by atomic mass is 10.1. The summed E-state index contributed by atoms with van der Waals surface area (Å²) >= 11 is 0. The SMILES string of the molecule is NCc1cccc(COc2ccc3cccnc3c2)c1. The summed E-state index contributed by atoms with van der Waals surface area (Å²) in [7, 11) is 0. The van der Waals surface area contributed by atoms with E-state index in [0.717, 1.165) is 27.8 Å². The van der Waals surface area contributed by atoms with Gasteiger partial charge in [-0.2, -0.15) is 0 Å². The van der Waals surface area contributed by atoms with E-state index in [0.29, 0.717) is 13.2 Å². The number of hydrogen-bond acceptors (Lipinski definition) is 3. The van der Waals surface area contributed by atoms with Gasteiger partial charge in [-0.25, -0.2) is 0 Å². The molecule has 3 heteroatoms. The molecule has 0 aliphatic heterocycles. The maximum absolute atomic E-state index is 5.82. The number of benzene rings is 2. The fourth-order valence-corrected chi connectivity index (χ4v) is 2.15. The Morgan fingerprint density at radius 2 is 1.85 bits per heavy atom. The van der Waals surface area contributed by atoms with Crippen LogP contribution in [0.25, 0.3) is 10.9 Å². The third-order valence-corrected chi connectivity index (χ3v) is 3.21. The zero-order valence-electron chi connectivity index (χ0n) is 11.1. The van der Waals surface area contributed by atoms with Crippen molar-refractivity contribution in [2.75, 3.05) is 0 Å². The van der Waals surface area contributed by atoms with Gasteiger partial charge in [-0.3, -0.25) is 4.98 Å². The van der Waals surface area contributed by atoms with E-state index in [1.807, 2.05) is 48.5 Å². The smallest absolute Gasteiger partial charge is 0.122 e. The number of fused-ring (bicyclic) bond motifs is 1. The predicted molar refractivity (Wildman–Crippen MR) is 80.4 cm³/mol. The fourth-order valence-electron chi connectivity index (χ4n) is 2.15. The second kappa shape index (κ2) is 5.72. The van der Waals surface area contributed by atoms with Gasteiger partial charge in [0, 0.05) is 24.2 Å². The van der Waals surface area contributed by atoms with E-state index >= 15 is 0 Å². The van der Waals surface area contributed by atoms with E-state index in [1.165, 1.54) is 0 Å². The minimum absolute atomic E-state index is 0.534. The second-order valence-electron chi connectivity index (χ2n) is 4.67. The van der Waals surface area contributed by atoms with E-state index in [1.54, 1.807) is 6.20 Å². The van der Waals surface area contributed by atoms with E-state index in [4.69, 9.17) is 10.5 Å². The Labute approximate surface area is 118 Å². The van der Waals surface area contributed by atoms with Crippen molar-refractivity contribution >= 4 is 10.9 Å². The molecule has 2 aromatic carbocycles. The lowest BCUT2D eigenvalue weighted by Gasteiger charge is -2.08. The van der Waals surface area contributed by atoms with Crippen molar-refractivity contribution in [2.45, 2.75) is 13.2 Å². The number of ether oxygens (including phenoxy) is 1. The monoisotopic (exact) mass is 264 g/mol. The number of aromatic nitrogens is 1. The van der Waals surface area contributed by atoms with Gasteiger partial charge in [-0.15, -0.1) is 0 Å². The van der Waals surface area contributed by atoms with Crippen LogP contribution in [0.15, 0.2) is 60.8 Å². The number of nitrogens with two attached hydrogens (primary N) is 1. The van der Waals surface area contributed by atoms with Crippen molar-refractivity contribution in [1.82, 2.24) is 4.98 Å². The first kappa shape index (κ1) is 12.6. The molecule has 0 bridgehead atoms. The molecule has 0 saturated heterocycles. The summed E-state index contributed by atoms with van der Waals surface area (Å²) in [4.78, 5) is 4.33. The highest BCUT2D eigenvalue weighted by molar-refractivity contribution is 5.79. The number of pyridine rings is 1. The van der Waals surface area contributed by atoms with E-state index < -0.39 is 0 Å². The molecule has 0 atom stereocenters. The molecule has 1 aromatic heterocycles. The quantitative estimate of drug-likeness (QED) is 0.786. The van der Waals surface area contributed by atoms with Gasteiger partial charge in [0.2, 0.25) is 0 Å². The lowest BCUT2D eigenvalue weighted by molar-refractivity contribution is 0.306. The van der Waals surface area contributed by atoms with Gasteiger partial charge < -0.3 is 10.5 Å². The van der Waals surface area contributed by atoms with Crippen molar-refractivity contribution in [3.8, 4) is 5.75 Å². The molecule has 20 heavy (non-hydrogen) atoms.